The van der Waals surface area contributed by atoms with Crippen molar-refractivity contribution < 1.29 is 23.8 Å². The van der Waals surface area contributed by atoms with E-state index >= 15 is 0 Å². The molecule has 0 saturated carbocycles. The second-order valence-corrected chi connectivity index (χ2v) is 6.30. The van der Waals surface area contributed by atoms with E-state index in [9.17, 15) is 9.59 Å². The van der Waals surface area contributed by atoms with E-state index in [1.165, 1.54) is 6.26 Å². The molecule has 6 nitrogen and oxygen atoms in total. The first kappa shape index (κ1) is 18.8. The van der Waals surface area contributed by atoms with Gasteiger partial charge in [0.2, 0.25) is 5.76 Å². The van der Waals surface area contributed by atoms with Gasteiger partial charge < -0.3 is 19.5 Å². The lowest BCUT2D eigenvalue weighted by atomic mass is 10.1. The van der Waals surface area contributed by atoms with E-state index in [2.05, 4.69) is 5.32 Å². The summed E-state index contributed by atoms with van der Waals surface area (Å²) < 4.78 is 15.3. The van der Waals surface area contributed by atoms with Crippen molar-refractivity contribution in [2.75, 3.05) is 18.5 Å². The molecule has 0 aromatic heterocycles. The normalized spacial score (nSPS) is 13.0. The Morgan fingerprint density at radius 2 is 1.93 bits per heavy atom. The molecule has 0 atom stereocenters. The third-order valence-corrected chi connectivity index (χ3v) is 4.28. The number of benzene rings is 2. The van der Waals surface area contributed by atoms with Gasteiger partial charge in [0, 0.05) is 16.3 Å². The van der Waals surface area contributed by atoms with E-state index in [4.69, 9.17) is 25.8 Å². The minimum absolute atomic E-state index is 0.0514. The van der Waals surface area contributed by atoms with E-state index in [1.54, 1.807) is 42.5 Å². The van der Waals surface area contributed by atoms with Crippen LogP contribution in [0.5, 0.6) is 0 Å². The lowest BCUT2D eigenvalue weighted by Gasteiger charge is -2.14. The van der Waals surface area contributed by atoms with Gasteiger partial charge in [-0.2, -0.15) is 0 Å². The number of nitrogens with one attached hydrogen (secondary N) is 1. The molecule has 2 aromatic carbocycles. The van der Waals surface area contributed by atoms with Gasteiger partial charge >= 0.3 is 5.97 Å². The van der Waals surface area contributed by atoms with Crippen LogP contribution in [0.1, 0.15) is 21.5 Å². The molecule has 1 N–H and O–H groups in total. The maximum atomic E-state index is 12.3. The van der Waals surface area contributed by atoms with Crippen LogP contribution >= 0.6 is 11.6 Å². The average Bonchev–Trinajstić information content (AvgIpc) is 2.70. The predicted molar refractivity (Wildman–Crippen MR) is 100 cm³/mol. The van der Waals surface area contributed by atoms with Crippen LogP contribution in [0.25, 0.3) is 0 Å². The fourth-order valence-electron chi connectivity index (χ4n) is 2.37. The Hall–Kier alpha value is -2.99. The molecule has 1 heterocycles. The zero-order valence-corrected chi connectivity index (χ0v) is 15.4. The third-order valence-electron chi connectivity index (χ3n) is 3.85. The summed E-state index contributed by atoms with van der Waals surface area (Å²) in [4.78, 5) is 24.2. The SMILES string of the molecule is Cc1cc(NC(=O)c2ccc(COC(=O)C3=COCCO3)cc2)ccc1Cl. The molecule has 1 amide bonds. The minimum Gasteiger partial charge on any atom is -0.493 e. The molecule has 0 saturated heterocycles. The number of carbonyl (C=O) groups excluding carboxylic acids is 2. The van der Waals surface area contributed by atoms with Crippen LogP contribution in [0.4, 0.5) is 5.69 Å². The molecular weight excluding hydrogens is 370 g/mol. The number of anilines is 1. The van der Waals surface area contributed by atoms with Crippen molar-refractivity contribution in [2.24, 2.45) is 0 Å². The van der Waals surface area contributed by atoms with Gasteiger partial charge in [0.25, 0.3) is 5.91 Å². The number of aryl methyl sites for hydroxylation is 1. The van der Waals surface area contributed by atoms with Gasteiger partial charge in [0.15, 0.2) is 0 Å². The number of amides is 1. The fraction of sp³-hybridized carbons (Fsp3) is 0.200. The van der Waals surface area contributed by atoms with Crippen LogP contribution in [0.2, 0.25) is 5.02 Å². The topological polar surface area (TPSA) is 73.9 Å². The zero-order chi connectivity index (χ0) is 19.2. The minimum atomic E-state index is -0.588. The summed E-state index contributed by atoms with van der Waals surface area (Å²) in [5, 5.41) is 3.46. The van der Waals surface area contributed by atoms with Crippen molar-refractivity contribution >= 4 is 29.2 Å². The lowest BCUT2D eigenvalue weighted by Crippen LogP contribution is -2.17. The Balaban J connectivity index is 1.56. The molecule has 0 radical (unpaired) electrons. The highest BCUT2D eigenvalue weighted by atomic mass is 35.5. The van der Waals surface area contributed by atoms with Crippen LogP contribution in [-0.4, -0.2) is 25.1 Å². The summed E-state index contributed by atoms with van der Waals surface area (Å²) in [6, 6.07) is 12.1. The van der Waals surface area contributed by atoms with Gasteiger partial charge in [-0.3, -0.25) is 4.79 Å². The van der Waals surface area contributed by atoms with Gasteiger partial charge in [-0.25, -0.2) is 4.79 Å². The summed E-state index contributed by atoms with van der Waals surface area (Å²) in [7, 11) is 0. The Bertz CT molecular complexity index is 876. The summed E-state index contributed by atoms with van der Waals surface area (Å²) >= 11 is 5.99. The van der Waals surface area contributed by atoms with Crippen LogP contribution in [-0.2, 0) is 25.6 Å². The Morgan fingerprint density at radius 3 is 2.59 bits per heavy atom. The maximum absolute atomic E-state index is 12.3. The summed E-state index contributed by atoms with van der Waals surface area (Å²) in [5.74, 6) is -0.775. The molecule has 0 spiro atoms. The highest BCUT2D eigenvalue weighted by molar-refractivity contribution is 6.31. The number of esters is 1. The molecule has 3 rings (SSSR count). The largest absolute Gasteiger partial charge is 0.493 e. The number of hydrogen-bond donors (Lipinski definition) is 1. The third kappa shape index (κ3) is 5.01. The summed E-state index contributed by atoms with van der Waals surface area (Å²) in [5.41, 5.74) is 2.79. The van der Waals surface area contributed by atoms with E-state index in [0.29, 0.717) is 29.5 Å². The molecule has 1 aliphatic heterocycles. The van der Waals surface area contributed by atoms with Crippen LogP contribution in [0.3, 0.4) is 0 Å². The highest BCUT2D eigenvalue weighted by Crippen LogP contribution is 2.20. The van der Waals surface area contributed by atoms with E-state index < -0.39 is 5.97 Å². The molecule has 0 unspecified atom stereocenters. The second-order valence-electron chi connectivity index (χ2n) is 5.89. The number of carbonyl (C=O) groups is 2. The van der Waals surface area contributed by atoms with E-state index in [1.807, 2.05) is 6.92 Å². The standard InChI is InChI=1S/C20H18ClNO5/c1-13-10-16(6-7-17(13)21)22-19(23)15-4-2-14(3-5-15)11-27-20(24)18-12-25-8-9-26-18/h2-7,10,12H,8-9,11H2,1H3,(H,22,23). The molecule has 0 bridgehead atoms. The first-order chi connectivity index (χ1) is 13.0. The van der Waals surface area contributed by atoms with Crippen LogP contribution < -0.4 is 5.32 Å². The summed E-state index contributed by atoms with van der Waals surface area (Å²) in [6.45, 7) is 2.67. The molecule has 1 aliphatic rings. The number of halogens is 1. The Kier molecular flexibility index (Phi) is 5.98. The van der Waals surface area contributed by atoms with Gasteiger partial charge in [-0.15, -0.1) is 0 Å². The van der Waals surface area contributed by atoms with Crippen molar-refractivity contribution in [3.05, 3.63) is 76.2 Å². The number of hydrogen-bond acceptors (Lipinski definition) is 5. The monoisotopic (exact) mass is 387 g/mol. The second kappa shape index (κ2) is 8.60. The fourth-order valence-corrected chi connectivity index (χ4v) is 2.49. The number of ether oxygens (including phenoxy) is 3. The average molecular weight is 388 g/mol. The van der Waals surface area contributed by atoms with Gasteiger partial charge in [0.05, 0.1) is 0 Å². The Morgan fingerprint density at radius 1 is 1.15 bits per heavy atom. The van der Waals surface area contributed by atoms with Crippen molar-refractivity contribution in [2.45, 2.75) is 13.5 Å². The van der Waals surface area contributed by atoms with Crippen molar-refractivity contribution in [1.29, 1.82) is 0 Å². The van der Waals surface area contributed by atoms with Gasteiger partial charge in [0.1, 0.15) is 26.1 Å². The van der Waals surface area contributed by atoms with E-state index in [-0.39, 0.29) is 18.3 Å². The van der Waals surface area contributed by atoms with E-state index in [0.717, 1.165) is 11.1 Å². The van der Waals surface area contributed by atoms with Gasteiger partial charge in [-0.05, 0) is 48.4 Å². The summed E-state index contributed by atoms with van der Waals surface area (Å²) in [6.07, 6.45) is 1.25. The van der Waals surface area contributed by atoms with Gasteiger partial charge in [-0.1, -0.05) is 23.7 Å². The van der Waals surface area contributed by atoms with Crippen molar-refractivity contribution in [3.63, 3.8) is 0 Å². The maximum Gasteiger partial charge on any atom is 0.377 e. The molecule has 2 aromatic rings. The molecule has 7 heteroatoms. The molecule has 27 heavy (non-hydrogen) atoms. The molecule has 140 valence electrons. The molecular formula is C20H18ClNO5. The zero-order valence-electron chi connectivity index (χ0n) is 14.7. The molecule has 0 aliphatic carbocycles. The number of rotatable bonds is 5. The van der Waals surface area contributed by atoms with Crippen LogP contribution in [0, 0.1) is 6.92 Å². The Labute approximate surface area is 161 Å². The first-order valence-electron chi connectivity index (χ1n) is 8.31. The highest BCUT2D eigenvalue weighted by Gasteiger charge is 2.16. The van der Waals surface area contributed by atoms with Crippen molar-refractivity contribution in [3.8, 4) is 0 Å². The van der Waals surface area contributed by atoms with Crippen LogP contribution in [0.15, 0.2) is 54.5 Å². The predicted octanol–water partition coefficient (Wildman–Crippen LogP) is 3.83. The quantitative estimate of drug-likeness (QED) is 0.789. The smallest absolute Gasteiger partial charge is 0.377 e. The first-order valence-corrected chi connectivity index (χ1v) is 8.69. The van der Waals surface area contributed by atoms with Crippen molar-refractivity contribution in [1.82, 2.24) is 0 Å². The lowest BCUT2D eigenvalue weighted by molar-refractivity contribution is -0.145. The molecule has 0 fully saturated rings.